The molecular formula is C12H14Cl2O4. The van der Waals surface area contributed by atoms with Crippen molar-refractivity contribution in [1.29, 1.82) is 0 Å². The van der Waals surface area contributed by atoms with E-state index in [1.165, 1.54) is 7.11 Å². The summed E-state index contributed by atoms with van der Waals surface area (Å²) >= 11 is 11.7. The Kier molecular flexibility index (Phi) is 5.11. The van der Waals surface area contributed by atoms with Crippen LogP contribution in [0.2, 0.25) is 10.0 Å². The van der Waals surface area contributed by atoms with Crippen LogP contribution in [0.25, 0.3) is 0 Å². The number of methoxy groups -OCH3 is 1. The molecule has 0 aliphatic carbocycles. The van der Waals surface area contributed by atoms with Crippen molar-refractivity contribution >= 4 is 29.0 Å². The van der Waals surface area contributed by atoms with Gasteiger partial charge in [-0.3, -0.25) is 4.79 Å². The summed E-state index contributed by atoms with van der Waals surface area (Å²) in [6, 6.07) is 0. The first-order valence-corrected chi connectivity index (χ1v) is 6.17. The Bertz CT molecular complexity index is 443. The molecule has 0 spiro atoms. The first-order chi connectivity index (χ1) is 8.43. The fourth-order valence-electron chi connectivity index (χ4n) is 1.60. The van der Waals surface area contributed by atoms with Gasteiger partial charge in [-0.05, 0) is 6.42 Å². The molecule has 1 rings (SSSR count). The average molecular weight is 293 g/mol. The van der Waals surface area contributed by atoms with Crippen LogP contribution in [-0.2, 0) is 11.2 Å². The molecule has 1 aromatic rings. The first-order valence-electron chi connectivity index (χ1n) is 5.41. The fraction of sp³-hybridized carbons (Fsp3) is 0.417. The molecule has 6 heteroatoms. The quantitative estimate of drug-likeness (QED) is 0.874. The molecule has 0 amide bonds. The van der Waals surface area contributed by atoms with Gasteiger partial charge in [0.15, 0.2) is 5.75 Å². The Balaban J connectivity index is 3.25. The van der Waals surface area contributed by atoms with Crippen LogP contribution in [0, 0.1) is 0 Å². The van der Waals surface area contributed by atoms with Crippen molar-refractivity contribution in [3.8, 4) is 17.2 Å². The number of halogens is 2. The number of hydrogen-bond donors (Lipinski definition) is 2. The first kappa shape index (κ1) is 14.9. The second-order valence-electron chi connectivity index (χ2n) is 3.80. The minimum atomic E-state index is -0.375. The van der Waals surface area contributed by atoms with Gasteiger partial charge < -0.3 is 14.9 Å². The Morgan fingerprint density at radius 2 is 1.72 bits per heavy atom. The summed E-state index contributed by atoms with van der Waals surface area (Å²) in [6.45, 7) is 1.87. The minimum absolute atomic E-state index is 0.0139. The van der Waals surface area contributed by atoms with Crippen LogP contribution in [0.15, 0.2) is 0 Å². The molecule has 0 radical (unpaired) electrons. The van der Waals surface area contributed by atoms with Gasteiger partial charge in [-0.2, -0.15) is 0 Å². The fourth-order valence-corrected chi connectivity index (χ4v) is 2.22. The molecule has 0 aromatic heterocycles. The van der Waals surface area contributed by atoms with Crippen molar-refractivity contribution in [2.75, 3.05) is 7.11 Å². The largest absolute Gasteiger partial charge is 0.506 e. The van der Waals surface area contributed by atoms with Gasteiger partial charge in [-0.15, -0.1) is 0 Å². The third-order valence-electron chi connectivity index (χ3n) is 2.49. The molecule has 100 valence electrons. The Morgan fingerprint density at radius 1 is 1.22 bits per heavy atom. The summed E-state index contributed by atoms with van der Waals surface area (Å²) < 4.78 is 4.88. The van der Waals surface area contributed by atoms with E-state index >= 15 is 0 Å². The van der Waals surface area contributed by atoms with Crippen molar-refractivity contribution in [3.63, 3.8) is 0 Å². The van der Waals surface area contributed by atoms with Gasteiger partial charge >= 0.3 is 0 Å². The third kappa shape index (κ3) is 2.82. The number of phenols is 2. The number of carbonyl (C=O) groups is 1. The monoisotopic (exact) mass is 292 g/mol. The number of carbonyl (C=O) groups excluding carboxylic acids is 1. The molecule has 1 aromatic carbocycles. The molecule has 0 saturated carbocycles. The molecule has 0 bridgehead atoms. The summed E-state index contributed by atoms with van der Waals surface area (Å²) in [5.41, 5.74) is 0.0317. The maximum absolute atomic E-state index is 11.6. The molecular weight excluding hydrogens is 279 g/mol. The van der Waals surface area contributed by atoms with Crippen molar-refractivity contribution in [2.24, 2.45) is 0 Å². The molecule has 2 N–H and O–H groups in total. The maximum atomic E-state index is 11.6. The lowest BCUT2D eigenvalue weighted by Gasteiger charge is -2.14. The number of Topliss-reactive ketones (excluding diaryl/α,β-unsaturated/α-hetero) is 1. The van der Waals surface area contributed by atoms with Crippen LogP contribution in [0.3, 0.4) is 0 Å². The van der Waals surface area contributed by atoms with E-state index in [9.17, 15) is 15.0 Å². The lowest BCUT2D eigenvalue weighted by atomic mass is 10.0. The second kappa shape index (κ2) is 6.16. The number of rotatable bonds is 5. The summed E-state index contributed by atoms with van der Waals surface area (Å²) in [7, 11) is 1.31. The van der Waals surface area contributed by atoms with Crippen molar-refractivity contribution in [2.45, 2.75) is 26.2 Å². The highest BCUT2D eigenvalue weighted by molar-refractivity contribution is 6.39. The van der Waals surface area contributed by atoms with Crippen molar-refractivity contribution in [1.82, 2.24) is 0 Å². The Labute approximate surface area is 115 Å². The zero-order valence-electron chi connectivity index (χ0n) is 10.1. The molecule has 0 unspecified atom stereocenters. The number of phenolic OH excluding ortho intramolecular Hbond substituents is 2. The zero-order valence-corrected chi connectivity index (χ0v) is 11.6. The van der Waals surface area contributed by atoms with E-state index in [4.69, 9.17) is 27.9 Å². The molecule has 0 heterocycles. The van der Waals surface area contributed by atoms with E-state index in [2.05, 4.69) is 0 Å². The van der Waals surface area contributed by atoms with Gasteiger partial charge in [0.05, 0.1) is 7.11 Å². The van der Waals surface area contributed by atoms with Gasteiger partial charge in [-0.1, -0.05) is 30.1 Å². The van der Waals surface area contributed by atoms with Gasteiger partial charge in [-0.25, -0.2) is 0 Å². The number of ether oxygens (including phenoxy) is 1. The normalized spacial score (nSPS) is 10.4. The van der Waals surface area contributed by atoms with Crippen LogP contribution in [0.4, 0.5) is 0 Å². The highest BCUT2D eigenvalue weighted by Gasteiger charge is 2.23. The predicted molar refractivity (Wildman–Crippen MR) is 70.0 cm³/mol. The predicted octanol–water partition coefficient (Wildman–Crippen LogP) is 3.32. The van der Waals surface area contributed by atoms with E-state index < -0.39 is 0 Å². The molecule has 0 saturated heterocycles. The molecule has 18 heavy (non-hydrogen) atoms. The molecule has 4 nitrogen and oxygen atoms in total. The number of aromatic hydroxyl groups is 2. The van der Waals surface area contributed by atoms with E-state index in [1.807, 2.05) is 6.92 Å². The number of benzene rings is 1. The van der Waals surface area contributed by atoms with Crippen LogP contribution in [0.1, 0.15) is 25.3 Å². The smallest absolute Gasteiger partial charge is 0.163 e. The second-order valence-corrected chi connectivity index (χ2v) is 4.56. The van der Waals surface area contributed by atoms with E-state index in [0.717, 1.165) is 0 Å². The standard InChI is InChI=1S/C12H14Cl2O4/c1-3-4-6(15)5-7-10(16)8(13)12(18-2)9(14)11(7)17/h16-17H,3-5H2,1-2H3. The molecule has 0 aliphatic rings. The van der Waals surface area contributed by atoms with Gasteiger partial charge in [0, 0.05) is 18.4 Å². The summed E-state index contributed by atoms with van der Waals surface area (Å²) in [5, 5.41) is 19.5. The van der Waals surface area contributed by atoms with Crippen LogP contribution >= 0.6 is 23.2 Å². The third-order valence-corrected chi connectivity index (χ3v) is 3.19. The Hall–Kier alpha value is -1.13. The topological polar surface area (TPSA) is 66.8 Å². The highest BCUT2D eigenvalue weighted by Crippen LogP contribution is 2.48. The van der Waals surface area contributed by atoms with E-state index in [-0.39, 0.29) is 45.1 Å². The Morgan fingerprint density at radius 3 is 2.11 bits per heavy atom. The van der Waals surface area contributed by atoms with Gasteiger partial charge in [0.25, 0.3) is 0 Å². The molecule has 0 fully saturated rings. The minimum Gasteiger partial charge on any atom is -0.506 e. The zero-order chi connectivity index (χ0) is 13.9. The van der Waals surface area contributed by atoms with Crippen molar-refractivity contribution in [3.05, 3.63) is 15.6 Å². The summed E-state index contributed by atoms with van der Waals surface area (Å²) in [5.74, 6) is -0.875. The van der Waals surface area contributed by atoms with Crippen LogP contribution in [0.5, 0.6) is 17.2 Å². The average Bonchev–Trinajstić information content (AvgIpc) is 2.33. The van der Waals surface area contributed by atoms with Gasteiger partial charge in [0.1, 0.15) is 27.3 Å². The molecule has 0 atom stereocenters. The summed E-state index contributed by atoms with van der Waals surface area (Å²) in [6.07, 6.45) is 0.938. The summed E-state index contributed by atoms with van der Waals surface area (Å²) in [4.78, 5) is 11.6. The van der Waals surface area contributed by atoms with E-state index in [0.29, 0.717) is 12.8 Å². The number of hydrogen-bond acceptors (Lipinski definition) is 4. The van der Waals surface area contributed by atoms with Crippen molar-refractivity contribution < 1.29 is 19.7 Å². The lowest BCUT2D eigenvalue weighted by Crippen LogP contribution is -2.03. The number of ketones is 1. The maximum Gasteiger partial charge on any atom is 0.163 e. The highest BCUT2D eigenvalue weighted by atomic mass is 35.5. The van der Waals surface area contributed by atoms with E-state index in [1.54, 1.807) is 0 Å². The van der Waals surface area contributed by atoms with Crippen LogP contribution in [-0.4, -0.2) is 23.1 Å². The lowest BCUT2D eigenvalue weighted by molar-refractivity contribution is -0.118. The molecule has 0 aliphatic heterocycles. The SMILES string of the molecule is CCCC(=O)Cc1c(O)c(Cl)c(OC)c(Cl)c1O. The van der Waals surface area contributed by atoms with Gasteiger partial charge in [0.2, 0.25) is 0 Å². The van der Waals surface area contributed by atoms with Crippen LogP contribution < -0.4 is 4.74 Å².